The Balaban J connectivity index is 1.73. The summed E-state index contributed by atoms with van der Waals surface area (Å²) in [7, 11) is 0. The summed E-state index contributed by atoms with van der Waals surface area (Å²) in [6, 6.07) is 14.8. The Morgan fingerprint density at radius 3 is 2.84 bits per heavy atom. The summed E-state index contributed by atoms with van der Waals surface area (Å²) in [6.45, 7) is 6.07. The monoisotopic (exact) mass is 354 g/mol. The first-order valence-corrected chi connectivity index (χ1v) is 10.1. The average Bonchev–Trinajstić information content (AvgIpc) is 2.62. The van der Waals surface area contributed by atoms with Crippen LogP contribution in [-0.2, 0) is 17.8 Å². The van der Waals surface area contributed by atoms with Crippen LogP contribution in [0.2, 0.25) is 0 Å². The average molecular weight is 355 g/mol. The Labute approximate surface area is 154 Å². The maximum atomic E-state index is 12.6. The van der Waals surface area contributed by atoms with Crippen molar-refractivity contribution in [1.29, 1.82) is 0 Å². The molecule has 1 aliphatic rings. The van der Waals surface area contributed by atoms with E-state index >= 15 is 0 Å². The van der Waals surface area contributed by atoms with Crippen molar-refractivity contribution < 1.29 is 4.79 Å². The molecular weight excluding hydrogens is 328 g/mol. The second-order valence-electron chi connectivity index (χ2n) is 6.85. The van der Waals surface area contributed by atoms with E-state index in [9.17, 15) is 4.79 Å². The van der Waals surface area contributed by atoms with Crippen molar-refractivity contribution in [3.8, 4) is 0 Å². The van der Waals surface area contributed by atoms with Gasteiger partial charge in [-0.05, 0) is 40.5 Å². The standard InChI is InChI=1S/C21H26N2OS/c1-14(2)15-8-9-18-17(10-15)12-22-13-19(18)23-21(24)11-16-6-4-5-7-20(16)25-3/h4-10,14,19,22H,11-13H2,1-3H3,(H,23,24). The Morgan fingerprint density at radius 1 is 1.28 bits per heavy atom. The van der Waals surface area contributed by atoms with Crippen LogP contribution in [0.15, 0.2) is 47.4 Å². The highest BCUT2D eigenvalue weighted by molar-refractivity contribution is 7.98. The summed E-state index contributed by atoms with van der Waals surface area (Å²) in [5.74, 6) is 0.595. The van der Waals surface area contributed by atoms with Crippen molar-refractivity contribution in [2.45, 2.75) is 43.7 Å². The van der Waals surface area contributed by atoms with Crippen LogP contribution < -0.4 is 10.6 Å². The smallest absolute Gasteiger partial charge is 0.224 e. The summed E-state index contributed by atoms with van der Waals surface area (Å²) in [4.78, 5) is 13.8. The molecule has 0 aliphatic carbocycles. The van der Waals surface area contributed by atoms with E-state index < -0.39 is 0 Å². The molecule has 25 heavy (non-hydrogen) atoms. The molecule has 0 saturated carbocycles. The number of nitrogens with one attached hydrogen (secondary N) is 2. The van der Waals surface area contributed by atoms with Crippen molar-refractivity contribution in [1.82, 2.24) is 10.6 Å². The van der Waals surface area contributed by atoms with E-state index in [4.69, 9.17) is 0 Å². The highest BCUT2D eigenvalue weighted by atomic mass is 32.2. The van der Waals surface area contributed by atoms with Gasteiger partial charge in [-0.3, -0.25) is 4.79 Å². The van der Waals surface area contributed by atoms with Crippen LogP contribution >= 0.6 is 11.8 Å². The van der Waals surface area contributed by atoms with Crippen LogP contribution in [0.5, 0.6) is 0 Å². The predicted molar refractivity (Wildman–Crippen MR) is 105 cm³/mol. The van der Waals surface area contributed by atoms with Crippen LogP contribution in [0.4, 0.5) is 0 Å². The lowest BCUT2D eigenvalue weighted by atomic mass is 9.91. The number of rotatable bonds is 5. The van der Waals surface area contributed by atoms with Crippen molar-refractivity contribution in [2.75, 3.05) is 12.8 Å². The maximum absolute atomic E-state index is 12.6. The molecule has 0 fully saturated rings. The third kappa shape index (κ3) is 4.25. The molecule has 1 heterocycles. The lowest BCUT2D eigenvalue weighted by Gasteiger charge is -2.28. The van der Waals surface area contributed by atoms with Crippen LogP contribution in [-0.4, -0.2) is 18.7 Å². The number of hydrogen-bond acceptors (Lipinski definition) is 3. The lowest BCUT2D eigenvalue weighted by molar-refractivity contribution is -0.121. The molecule has 2 N–H and O–H groups in total. The number of fused-ring (bicyclic) bond motifs is 1. The quantitative estimate of drug-likeness (QED) is 0.797. The second kappa shape index (κ2) is 8.07. The first-order valence-electron chi connectivity index (χ1n) is 8.83. The van der Waals surface area contributed by atoms with E-state index in [2.05, 4.69) is 48.7 Å². The molecule has 3 nitrogen and oxygen atoms in total. The van der Waals surface area contributed by atoms with Gasteiger partial charge in [0.1, 0.15) is 0 Å². The minimum absolute atomic E-state index is 0.0407. The van der Waals surface area contributed by atoms with E-state index in [-0.39, 0.29) is 11.9 Å². The summed E-state index contributed by atoms with van der Waals surface area (Å²) in [5, 5.41) is 6.64. The van der Waals surface area contributed by atoms with Crippen molar-refractivity contribution in [3.05, 3.63) is 64.7 Å². The van der Waals surface area contributed by atoms with E-state index in [1.54, 1.807) is 11.8 Å². The van der Waals surface area contributed by atoms with Crippen LogP contribution in [0.25, 0.3) is 0 Å². The van der Waals surface area contributed by atoms with E-state index in [1.165, 1.54) is 21.6 Å². The van der Waals surface area contributed by atoms with Gasteiger partial charge in [0, 0.05) is 18.0 Å². The Kier molecular flexibility index (Phi) is 5.82. The Hall–Kier alpha value is -1.78. The van der Waals surface area contributed by atoms with E-state index in [1.807, 2.05) is 24.5 Å². The molecule has 1 atom stereocenters. The fourth-order valence-corrected chi connectivity index (χ4v) is 3.95. The van der Waals surface area contributed by atoms with Gasteiger partial charge < -0.3 is 10.6 Å². The zero-order valence-electron chi connectivity index (χ0n) is 15.1. The molecule has 4 heteroatoms. The molecule has 2 aromatic rings. The SMILES string of the molecule is CSc1ccccc1CC(=O)NC1CNCc2cc(C(C)C)ccc21. The van der Waals surface area contributed by atoms with Crippen molar-refractivity contribution >= 4 is 17.7 Å². The highest BCUT2D eigenvalue weighted by Crippen LogP contribution is 2.26. The molecule has 2 aromatic carbocycles. The number of carbonyl (C=O) groups is 1. The summed E-state index contributed by atoms with van der Waals surface area (Å²) in [6.07, 6.45) is 2.47. The van der Waals surface area contributed by atoms with Crippen LogP contribution in [0.1, 0.15) is 48.1 Å². The fourth-order valence-electron chi connectivity index (χ4n) is 3.34. The predicted octanol–water partition coefficient (Wildman–Crippen LogP) is 4.04. The minimum Gasteiger partial charge on any atom is -0.348 e. The summed E-state index contributed by atoms with van der Waals surface area (Å²) >= 11 is 1.68. The zero-order chi connectivity index (χ0) is 17.8. The molecular formula is C21H26N2OS. The van der Waals surface area contributed by atoms with Gasteiger partial charge in [-0.2, -0.15) is 0 Å². The van der Waals surface area contributed by atoms with Crippen molar-refractivity contribution in [3.63, 3.8) is 0 Å². The molecule has 3 rings (SSSR count). The van der Waals surface area contributed by atoms with Gasteiger partial charge >= 0.3 is 0 Å². The van der Waals surface area contributed by atoms with Crippen molar-refractivity contribution in [2.24, 2.45) is 0 Å². The molecule has 1 unspecified atom stereocenters. The first kappa shape index (κ1) is 18.0. The highest BCUT2D eigenvalue weighted by Gasteiger charge is 2.22. The summed E-state index contributed by atoms with van der Waals surface area (Å²) in [5.41, 5.74) is 4.98. The molecule has 0 radical (unpaired) electrons. The maximum Gasteiger partial charge on any atom is 0.224 e. The molecule has 0 saturated heterocycles. The largest absolute Gasteiger partial charge is 0.348 e. The number of hydrogen-bond donors (Lipinski definition) is 2. The first-order chi connectivity index (χ1) is 12.1. The third-order valence-corrected chi connectivity index (χ3v) is 5.59. The molecule has 1 amide bonds. The Bertz CT molecular complexity index is 757. The number of thioether (sulfide) groups is 1. The lowest BCUT2D eigenvalue weighted by Crippen LogP contribution is -2.40. The molecule has 1 aliphatic heterocycles. The van der Waals surface area contributed by atoms with Crippen LogP contribution in [0, 0.1) is 0 Å². The van der Waals surface area contributed by atoms with Crippen LogP contribution in [0.3, 0.4) is 0 Å². The number of benzene rings is 2. The van der Waals surface area contributed by atoms with E-state index in [0.717, 1.165) is 18.7 Å². The fraction of sp³-hybridized carbons (Fsp3) is 0.381. The van der Waals surface area contributed by atoms with E-state index in [0.29, 0.717) is 12.3 Å². The zero-order valence-corrected chi connectivity index (χ0v) is 16.0. The van der Waals surface area contributed by atoms with Gasteiger partial charge in [0.25, 0.3) is 0 Å². The number of carbonyl (C=O) groups excluding carboxylic acids is 1. The molecule has 132 valence electrons. The normalized spacial score (nSPS) is 16.6. The topological polar surface area (TPSA) is 41.1 Å². The second-order valence-corrected chi connectivity index (χ2v) is 7.70. The number of amides is 1. The van der Waals surface area contributed by atoms with Gasteiger partial charge in [-0.1, -0.05) is 50.2 Å². The minimum atomic E-state index is 0.0407. The molecule has 0 aromatic heterocycles. The van der Waals surface area contributed by atoms with Gasteiger partial charge in [-0.25, -0.2) is 0 Å². The third-order valence-electron chi connectivity index (χ3n) is 4.75. The van der Waals surface area contributed by atoms with Gasteiger partial charge in [0.2, 0.25) is 5.91 Å². The molecule has 0 spiro atoms. The Morgan fingerprint density at radius 2 is 2.08 bits per heavy atom. The summed E-state index contributed by atoms with van der Waals surface area (Å²) < 4.78 is 0. The van der Waals surface area contributed by atoms with Gasteiger partial charge in [0.15, 0.2) is 0 Å². The van der Waals surface area contributed by atoms with Gasteiger partial charge in [-0.15, -0.1) is 11.8 Å². The van der Waals surface area contributed by atoms with Gasteiger partial charge in [0.05, 0.1) is 12.5 Å². The molecule has 0 bridgehead atoms.